The van der Waals surface area contributed by atoms with Crippen molar-refractivity contribution in [2.24, 2.45) is 11.8 Å². The first-order valence-electron chi connectivity index (χ1n) is 10.7. The van der Waals surface area contributed by atoms with Crippen LogP contribution in [0, 0.1) is 11.8 Å². The van der Waals surface area contributed by atoms with Crippen molar-refractivity contribution in [2.75, 3.05) is 45.9 Å². The van der Waals surface area contributed by atoms with Gasteiger partial charge in [-0.05, 0) is 52.4 Å². The van der Waals surface area contributed by atoms with Gasteiger partial charge in [-0.3, -0.25) is 9.69 Å². The first-order valence-corrected chi connectivity index (χ1v) is 10.7. The van der Waals surface area contributed by atoms with E-state index in [1.165, 1.54) is 0 Å². The summed E-state index contributed by atoms with van der Waals surface area (Å²) in [4.78, 5) is 28.7. The van der Waals surface area contributed by atoms with E-state index in [0.29, 0.717) is 31.3 Å². The first kappa shape index (κ1) is 22.9. The van der Waals surface area contributed by atoms with E-state index in [1.54, 1.807) is 4.90 Å². The van der Waals surface area contributed by atoms with Gasteiger partial charge in [0.15, 0.2) is 0 Å². The van der Waals surface area contributed by atoms with Crippen LogP contribution >= 0.6 is 0 Å². The molecule has 2 heterocycles. The second-order valence-corrected chi connectivity index (χ2v) is 9.37. The number of nitrogens with one attached hydrogen (secondary N) is 1. The average Bonchev–Trinajstić information content (AvgIpc) is 2.61. The van der Waals surface area contributed by atoms with Crippen LogP contribution in [-0.4, -0.2) is 79.4 Å². The Balaban J connectivity index is 1.67. The summed E-state index contributed by atoms with van der Waals surface area (Å²) in [6.07, 6.45) is 2.17. The van der Waals surface area contributed by atoms with Crippen LogP contribution < -0.4 is 5.32 Å². The molecular weight excluding hydrogens is 358 g/mol. The predicted molar refractivity (Wildman–Crippen MR) is 109 cm³/mol. The number of rotatable bonds is 6. The summed E-state index contributed by atoms with van der Waals surface area (Å²) in [6.45, 7) is 15.6. The highest BCUT2D eigenvalue weighted by Gasteiger charge is 2.30. The monoisotopic (exact) mass is 397 g/mol. The van der Waals surface area contributed by atoms with Crippen LogP contribution in [0.25, 0.3) is 0 Å². The molecule has 0 bridgehead atoms. The predicted octanol–water partition coefficient (Wildman–Crippen LogP) is 2.50. The van der Waals surface area contributed by atoms with E-state index < -0.39 is 5.60 Å². The van der Waals surface area contributed by atoms with Crippen LogP contribution in [0.1, 0.15) is 53.9 Å². The molecular formula is C21H39N3O4. The van der Waals surface area contributed by atoms with Crippen molar-refractivity contribution in [3.63, 3.8) is 0 Å². The van der Waals surface area contributed by atoms with Crippen molar-refractivity contribution >= 4 is 12.0 Å². The fourth-order valence-corrected chi connectivity index (χ4v) is 3.99. The molecule has 0 unspecified atom stereocenters. The lowest BCUT2D eigenvalue weighted by Crippen LogP contribution is -2.46. The van der Waals surface area contributed by atoms with Crippen molar-refractivity contribution in [1.82, 2.24) is 15.1 Å². The van der Waals surface area contributed by atoms with Crippen molar-refractivity contribution in [1.29, 1.82) is 0 Å². The summed E-state index contributed by atoms with van der Waals surface area (Å²) in [5, 5.41) is 3.14. The fourth-order valence-electron chi connectivity index (χ4n) is 3.99. The molecule has 0 aromatic rings. The van der Waals surface area contributed by atoms with E-state index in [0.717, 1.165) is 45.7 Å². The van der Waals surface area contributed by atoms with Crippen molar-refractivity contribution in [3.05, 3.63) is 0 Å². The van der Waals surface area contributed by atoms with Crippen molar-refractivity contribution in [2.45, 2.75) is 65.5 Å². The number of carbonyl (C=O) groups excluding carboxylic acids is 2. The number of amides is 2. The lowest BCUT2D eigenvalue weighted by Gasteiger charge is -2.35. The molecule has 2 aliphatic heterocycles. The topological polar surface area (TPSA) is 71.1 Å². The molecule has 2 amide bonds. The molecule has 0 spiro atoms. The van der Waals surface area contributed by atoms with E-state index in [4.69, 9.17) is 9.47 Å². The van der Waals surface area contributed by atoms with Crippen molar-refractivity contribution < 1.29 is 19.1 Å². The Labute approximate surface area is 170 Å². The SMILES string of the molecule is C[C@@H](CN1CCOCC1)NC(=O)C[C@H](C)C1CCN(C(=O)OC(C)(C)C)CC1. The van der Waals surface area contributed by atoms with Gasteiger partial charge in [0.2, 0.25) is 5.91 Å². The molecule has 0 radical (unpaired) electrons. The van der Waals surface area contributed by atoms with Gasteiger partial charge >= 0.3 is 6.09 Å². The summed E-state index contributed by atoms with van der Waals surface area (Å²) in [7, 11) is 0. The molecule has 28 heavy (non-hydrogen) atoms. The molecule has 2 aliphatic rings. The highest BCUT2D eigenvalue weighted by molar-refractivity contribution is 5.76. The zero-order chi connectivity index (χ0) is 20.7. The second kappa shape index (κ2) is 10.4. The summed E-state index contributed by atoms with van der Waals surface area (Å²) >= 11 is 0. The Hall–Kier alpha value is -1.34. The number of hydrogen-bond donors (Lipinski definition) is 1. The van der Waals surface area contributed by atoms with E-state index in [1.807, 2.05) is 20.8 Å². The van der Waals surface area contributed by atoms with Crippen LogP contribution in [0.2, 0.25) is 0 Å². The van der Waals surface area contributed by atoms with Crippen LogP contribution in [0.15, 0.2) is 0 Å². The third-order valence-electron chi connectivity index (χ3n) is 5.55. The number of likely N-dealkylation sites (tertiary alicyclic amines) is 1. The molecule has 162 valence electrons. The second-order valence-electron chi connectivity index (χ2n) is 9.37. The van der Waals surface area contributed by atoms with Crippen molar-refractivity contribution in [3.8, 4) is 0 Å². The molecule has 7 heteroatoms. The lowest BCUT2D eigenvalue weighted by molar-refractivity contribution is -0.123. The summed E-state index contributed by atoms with van der Waals surface area (Å²) < 4.78 is 10.8. The van der Waals surface area contributed by atoms with Crippen LogP contribution in [0.5, 0.6) is 0 Å². The number of nitrogens with zero attached hydrogens (tertiary/aromatic N) is 2. The maximum Gasteiger partial charge on any atom is 0.410 e. The number of carbonyl (C=O) groups is 2. The molecule has 2 saturated heterocycles. The van der Waals surface area contributed by atoms with Gasteiger partial charge in [0.05, 0.1) is 13.2 Å². The molecule has 7 nitrogen and oxygen atoms in total. The van der Waals surface area contributed by atoms with Gasteiger partial charge in [0.1, 0.15) is 5.60 Å². The van der Waals surface area contributed by atoms with Gasteiger partial charge in [0.25, 0.3) is 0 Å². The largest absolute Gasteiger partial charge is 0.444 e. The maximum absolute atomic E-state index is 12.4. The highest BCUT2D eigenvalue weighted by Crippen LogP contribution is 2.28. The number of ether oxygens (including phenoxy) is 2. The smallest absolute Gasteiger partial charge is 0.410 e. The van der Waals surface area contributed by atoms with E-state index in [-0.39, 0.29) is 18.0 Å². The number of hydrogen-bond acceptors (Lipinski definition) is 5. The Morgan fingerprint density at radius 1 is 1.11 bits per heavy atom. The minimum absolute atomic E-state index is 0.128. The van der Waals surface area contributed by atoms with Gasteiger partial charge in [0, 0.05) is 45.2 Å². The van der Waals surface area contributed by atoms with Crippen LogP contribution in [0.4, 0.5) is 4.79 Å². The Bertz CT molecular complexity index is 506. The highest BCUT2D eigenvalue weighted by atomic mass is 16.6. The third kappa shape index (κ3) is 7.95. The van der Waals surface area contributed by atoms with E-state index >= 15 is 0 Å². The quantitative estimate of drug-likeness (QED) is 0.746. The summed E-state index contributed by atoms with van der Waals surface area (Å²) in [6, 6.07) is 0.145. The van der Waals surface area contributed by atoms with Gasteiger partial charge in [-0.25, -0.2) is 4.79 Å². The molecule has 0 aliphatic carbocycles. The zero-order valence-electron chi connectivity index (χ0n) is 18.3. The Morgan fingerprint density at radius 2 is 1.71 bits per heavy atom. The third-order valence-corrected chi connectivity index (χ3v) is 5.55. The zero-order valence-corrected chi connectivity index (χ0v) is 18.3. The normalized spacial score (nSPS) is 21.8. The summed E-state index contributed by atoms with van der Waals surface area (Å²) in [5.74, 6) is 0.915. The van der Waals surface area contributed by atoms with Gasteiger partial charge in [-0.2, -0.15) is 0 Å². The molecule has 0 saturated carbocycles. The molecule has 0 aromatic carbocycles. The van der Waals surface area contributed by atoms with E-state index in [2.05, 4.69) is 24.1 Å². The molecule has 1 N–H and O–H groups in total. The minimum atomic E-state index is -0.461. The number of morpholine rings is 1. The minimum Gasteiger partial charge on any atom is -0.444 e. The fraction of sp³-hybridized carbons (Fsp3) is 0.905. The standard InChI is InChI=1S/C21H39N3O4/c1-16(14-19(25)22-17(2)15-23-10-12-27-13-11-23)18-6-8-24(9-7-18)20(26)28-21(3,4)5/h16-18H,6-15H2,1-5H3,(H,22,25)/t16-,17-/m0/s1. The maximum atomic E-state index is 12.4. The van der Waals surface area contributed by atoms with Gasteiger partial charge < -0.3 is 19.7 Å². The van der Waals surface area contributed by atoms with Gasteiger partial charge in [-0.1, -0.05) is 6.92 Å². The van der Waals surface area contributed by atoms with E-state index in [9.17, 15) is 9.59 Å². The molecule has 2 fully saturated rings. The van der Waals surface area contributed by atoms with Crippen LogP contribution in [-0.2, 0) is 14.3 Å². The Kier molecular flexibility index (Phi) is 8.56. The summed E-state index contributed by atoms with van der Waals surface area (Å²) in [5.41, 5.74) is -0.461. The first-order chi connectivity index (χ1) is 13.1. The molecule has 0 aromatic heterocycles. The van der Waals surface area contributed by atoms with Crippen LogP contribution in [0.3, 0.4) is 0 Å². The van der Waals surface area contributed by atoms with Gasteiger partial charge in [-0.15, -0.1) is 0 Å². The molecule has 2 rings (SSSR count). The molecule has 2 atom stereocenters. The average molecular weight is 398 g/mol. The Morgan fingerprint density at radius 3 is 2.29 bits per heavy atom. The number of piperidine rings is 1. The lowest BCUT2D eigenvalue weighted by atomic mass is 9.83.